The van der Waals surface area contributed by atoms with E-state index in [0.29, 0.717) is 11.6 Å². The highest BCUT2D eigenvalue weighted by atomic mass is 16.3. The fourth-order valence-corrected chi connectivity index (χ4v) is 4.27. The molecule has 1 unspecified atom stereocenters. The molecule has 1 saturated heterocycles. The van der Waals surface area contributed by atoms with E-state index in [1.807, 2.05) is 48.5 Å². The molecule has 0 radical (unpaired) electrons. The van der Waals surface area contributed by atoms with Crippen molar-refractivity contribution in [2.45, 2.75) is 25.1 Å². The average Bonchev–Trinajstić information content (AvgIpc) is 2.84. The minimum atomic E-state index is -0.632. The molecule has 172 valence electrons. The van der Waals surface area contributed by atoms with Crippen LogP contribution in [0, 0.1) is 5.53 Å². The summed E-state index contributed by atoms with van der Waals surface area (Å²) in [5, 5.41) is 18.3. The molecule has 0 aliphatic carbocycles. The van der Waals surface area contributed by atoms with Crippen LogP contribution in [0.15, 0.2) is 70.7 Å². The van der Waals surface area contributed by atoms with Gasteiger partial charge in [0.1, 0.15) is 11.9 Å². The number of para-hydroxylation sites is 1. The van der Waals surface area contributed by atoms with Gasteiger partial charge in [0.05, 0.1) is 5.56 Å². The number of nitrogens with one attached hydrogen (secondary N) is 3. The number of anilines is 1. The van der Waals surface area contributed by atoms with Gasteiger partial charge >= 0.3 is 0 Å². The molecule has 1 aliphatic rings. The quantitative estimate of drug-likeness (QED) is 0.411. The standard InChI is InChI=1S/C25H30N6O2/c1-30(2)20-11-13-31(14-12-20)25(33)17-7-9-19(10-8-17)27-16-23(29-26)21-15-18-5-3-4-6-22(18)28-24(21)32/h3-10,15-16,20,25-27,33H,11-14H2,1-2H3,(H,28,32)/b23-16-,29-26?. The summed E-state index contributed by atoms with van der Waals surface area (Å²) in [7, 11) is 4.21. The number of H-pyrrole nitrogens is 1. The summed E-state index contributed by atoms with van der Waals surface area (Å²) >= 11 is 0. The maximum Gasteiger partial charge on any atom is 0.258 e. The molecule has 1 aromatic heterocycles. The van der Waals surface area contributed by atoms with Crippen molar-refractivity contribution < 1.29 is 5.11 Å². The van der Waals surface area contributed by atoms with E-state index >= 15 is 0 Å². The van der Waals surface area contributed by atoms with Crippen LogP contribution in [-0.4, -0.2) is 53.1 Å². The number of rotatable bonds is 7. The van der Waals surface area contributed by atoms with Crippen LogP contribution in [0.5, 0.6) is 0 Å². The molecule has 3 aromatic rings. The lowest BCUT2D eigenvalue weighted by molar-refractivity contribution is -0.0222. The van der Waals surface area contributed by atoms with E-state index in [1.54, 1.807) is 12.3 Å². The molecule has 1 atom stereocenters. The number of likely N-dealkylation sites (tertiary alicyclic amines) is 1. The largest absolute Gasteiger partial charge is 0.374 e. The summed E-state index contributed by atoms with van der Waals surface area (Å²) in [5.41, 5.74) is 10.1. The molecule has 33 heavy (non-hydrogen) atoms. The maximum atomic E-state index is 12.5. The Hall–Kier alpha value is -3.33. The molecule has 1 fully saturated rings. The second-order valence-corrected chi connectivity index (χ2v) is 8.61. The zero-order valence-electron chi connectivity index (χ0n) is 19.0. The number of aliphatic hydroxyl groups is 1. The highest BCUT2D eigenvalue weighted by Gasteiger charge is 2.25. The number of hydrogen-bond acceptors (Lipinski definition) is 7. The minimum Gasteiger partial charge on any atom is -0.374 e. The molecule has 0 amide bonds. The Kier molecular flexibility index (Phi) is 6.98. The van der Waals surface area contributed by atoms with Crippen molar-refractivity contribution in [2.24, 2.45) is 5.11 Å². The van der Waals surface area contributed by atoms with Crippen molar-refractivity contribution in [1.29, 1.82) is 5.53 Å². The zero-order chi connectivity index (χ0) is 23.4. The van der Waals surface area contributed by atoms with Crippen molar-refractivity contribution in [3.05, 3.63) is 82.3 Å². The van der Waals surface area contributed by atoms with Gasteiger partial charge in [-0.15, -0.1) is 0 Å². The molecular formula is C25H30N6O2. The summed E-state index contributed by atoms with van der Waals surface area (Å²) in [4.78, 5) is 19.7. The Morgan fingerprint density at radius 3 is 2.58 bits per heavy atom. The van der Waals surface area contributed by atoms with E-state index < -0.39 is 6.23 Å². The number of aromatic amines is 1. The van der Waals surface area contributed by atoms with Gasteiger partial charge < -0.3 is 20.3 Å². The number of aliphatic hydroxyl groups excluding tert-OH is 1. The van der Waals surface area contributed by atoms with Crippen LogP contribution in [0.1, 0.15) is 30.2 Å². The zero-order valence-corrected chi connectivity index (χ0v) is 19.0. The number of fused-ring (bicyclic) bond motifs is 1. The Morgan fingerprint density at radius 2 is 1.91 bits per heavy atom. The van der Waals surface area contributed by atoms with Crippen LogP contribution in [0.2, 0.25) is 0 Å². The SMILES string of the molecule is CN(C)C1CCN(C(O)c2ccc(N/C=C(\N=N)c3cc4ccccc4[nH]c3=O)cc2)CC1. The van der Waals surface area contributed by atoms with Gasteiger partial charge in [-0.05, 0) is 62.2 Å². The number of benzene rings is 2. The van der Waals surface area contributed by atoms with Gasteiger partial charge in [-0.1, -0.05) is 30.3 Å². The molecular weight excluding hydrogens is 416 g/mol. The Morgan fingerprint density at radius 1 is 1.21 bits per heavy atom. The highest BCUT2D eigenvalue weighted by Crippen LogP contribution is 2.25. The highest BCUT2D eigenvalue weighted by molar-refractivity contribution is 5.82. The van der Waals surface area contributed by atoms with Crippen LogP contribution in [0.4, 0.5) is 5.69 Å². The Labute approximate surface area is 193 Å². The summed E-state index contributed by atoms with van der Waals surface area (Å²) in [6.07, 6.45) is 3.00. The minimum absolute atomic E-state index is 0.231. The normalized spacial score (nSPS) is 16.8. The lowest BCUT2D eigenvalue weighted by Gasteiger charge is -2.37. The van der Waals surface area contributed by atoms with E-state index in [-0.39, 0.29) is 11.3 Å². The van der Waals surface area contributed by atoms with Crippen LogP contribution < -0.4 is 10.9 Å². The first-order valence-corrected chi connectivity index (χ1v) is 11.1. The third-order valence-corrected chi connectivity index (χ3v) is 6.31. The molecule has 1 aliphatic heterocycles. The molecule has 8 heteroatoms. The van der Waals surface area contributed by atoms with Crippen molar-refractivity contribution in [3.63, 3.8) is 0 Å². The maximum absolute atomic E-state index is 12.5. The van der Waals surface area contributed by atoms with Crippen LogP contribution in [0.25, 0.3) is 16.6 Å². The lowest BCUT2D eigenvalue weighted by atomic mass is 10.0. The molecule has 0 spiro atoms. The van der Waals surface area contributed by atoms with Gasteiger partial charge in [0.15, 0.2) is 0 Å². The van der Waals surface area contributed by atoms with E-state index in [1.165, 1.54) is 0 Å². The topological polar surface area (TPSA) is 108 Å². The fraction of sp³-hybridized carbons (Fsp3) is 0.320. The summed E-state index contributed by atoms with van der Waals surface area (Å²) in [5.74, 6) is 0. The first-order chi connectivity index (χ1) is 16.0. The Bertz CT molecular complexity index is 1190. The number of piperidine rings is 1. The molecule has 8 nitrogen and oxygen atoms in total. The van der Waals surface area contributed by atoms with E-state index in [2.05, 4.69) is 39.3 Å². The first kappa shape index (κ1) is 22.8. The van der Waals surface area contributed by atoms with E-state index in [0.717, 1.165) is 48.1 Å². The number of pyridine rings is 1. The summed E-state index contributed by atoms with van der Waals surface area (Å²) in [6.45, 7) is 1.73. The lowest BCUT2D eigenvalue weighted by Crippen LogP contribution is -2.43. The number of nitrogens with zero attached hydrogens (tertiary/aromatic N) is 3. The van der Waals surface area contributed by atoms with E-state index in [9.17, 15) is 9.90 Å². The van der Waals surface area contributed by atoms with Crippen molar-refractivity contribution in [3.8, 4) is 0 Å². The second kappa shape index (κ2) is 10.1. The van der Waals surface area contributed by atoms with Gasteiger partial charge in [-0.2, -0.15) is 5.11 Å². The van der Waals surface area contributed by atoms with E-state index in [4.69, 9.17) is 5.53 Å². The van der Waals surface area contributed by atoms with Crippen molar-refractivity contribution in [2.75, 3.05) is 32.5 Å². The molecule has 0 bridgehead atoms. The fourth-order valence-electron chi connectivity index (χ4n) is 4.27. The third kappa shape index (κ3) is 5.19. The van der Waals surface area contributed by atoms with Crippen LogP contribution in [-0.2, 0) is 0 Å². The van der Waals surface area contributed by atoms with Crippen molar-refractivity contribution in [1.82, 2.24) is 14.8 Å². The first-order valence-electron chi connectivity index (χ1n) is 11.1. The van der Waals surface area contributed by atoms with Gasteiger partial charge in [-0.25, -0.2) is 5.53 Å². The van der Waals surface area contributed by atoms with Crippen LogP contribution in [0.3, 0.4) is 0 Å². The van der Waals surface area contributed by atoms with Crippen molar-refractivity contribution >= 4 is 22.3 Å². The summed E-state index contributed by atoms with van der Waals surface area (Å²) < 4.78 is 0. The predicted molar refractivity (Wildman–Crippen MR) is 131 cm³/mol. The average molecular weight is 447 g/mol. The predicted octanol–water partition coefficient (Wildman–Crippen LogP) is 3.99. The monoisotopic (exact) mass is 446 g/mol. The molecule has 0 saturated carbocycles. The third-order valence-electron chi connectivity index (χ3n) is 6.31. The number of aromatic nitrogens is 1. The molecule has 2 aromatic carbocycles. The summed E-state index contributed by atoms with van der Waals surface area (Å²) in [6, 6.07) is 17.3. The van der Waals surface area contributed by atoms with Gasteiger partial charge in [0.2, 0.25) is 0 Å². The second-order valence-electron chi connectivity index (χ2n) is 8.61. The van der Waals surface area contributed by atoms with Gasteiger partial charge in [0.25, 0.3) is 5.56 Å². The Balaban J connectivity index is 1.45. The molecule has 4 rings (SSSR count). The van der Waals surface area contributed by atoms with Gasteiger partial charge in [0, 0.05) is 36.5 Å². The number of hydrogen-bond donors (Lipinski definition) is 4. The van der Waals surface area contributed by atoms with Gasteiger partial charge in [-0.3, -0.25) is 9.69 Å². The molecule has 2 heterocycles. The van der Waals surface area contributed by atoms with Crippen LogP contribution >= 0.6 is 0 Å². The smallest absolute Gasteiger partial charge is 0.258 e. The molecule has 4 N–H and O–H groups in total.